The minimum atomic E-state index is -0.637. The largest absolute Gasteiger partial charge is 0.345 e. The first-order valence-electron chi connectivity index (χ1n) is 7.08. The van der Waals surface area contributed by atoms with Crippen molar-refractivity contribution in [3.63, 3.8) is 0 Å². The van der Waals surface area contributed by atoms with Gasteiger partial charge in [-0.15, -0.1) is 0 Å². The zero-order chi connectivity index (χ0) is 16.6. The molecule has 0 radical (unpaired) electrons. The lowest BCUT2D eigenvalue weighted by molar-refractivity contribution is 0.0912. The summed E-state index contributed by atoms with van der Waals surface area (Å²) in [6.07, 6.45) is 1.60. The molecule has 0 bridgehead atoms. The molecule has 0 fully saturated rings. The lowest BCUT2D eigenvalue weighted by atomic mass is 9.93. The van der Waals surface area contributed by atoms with Crippen LogP contribution in [0.1, 0.15) is 29.8 Å². The zero-order valence-electron chi connectivity index (χ0n) is 12.7. The van der Waals surface area contributed by atoms with Gasteiger partial charge in [0.15, 0.2) is 0 Å². The molecule has 0 aliphatic heterocycles. The molecule has 0 unspecified atom stereocenters. The quantitative estimate of drug-likeness (QED) is 0.730. The van der Waals surface area contributed by atoms with E-state index in [1.54, 1.807) is 30.6 Å². The predicted octanol–water partition coefficient (Wildman–Crippen LogP) is 4.53. The molecule has 0 saturated carbocycles. The Hall–Kier alpha value is -2.04. The van der Waals surface area contributed by atoms with Crippen LogP contribution in [0.15, 0.2) is 42.7 Å². The summed E-state index contributed by atoms with van der Waals surface area (Å²) in [7, 11) is 0. The molecule has 1 amide bonds. The van der Waals surface area contributed by atoms with E-state index in [0.717, 1.165) is 16.6 Å². The molecule has 0 spiro atoms. The van der Waals surface area contributed by atoms with Crippen molar-refractivity contribution in [2.45, 2.75) is 19.4 Å². The Bertz CT molecular complexity index is 886. The molecule has 0 aliphatic carbocycles. The number of nitrogens with zero attached hydrogens (tertiary/aromatic N) is 1. The van der Waals surface area contributed by atoms with Gasteiger partial charge in [0.2, 0.25) is 0 Å². The molecule has 4 nitrogen and oxygen atoms in total. The number of aromatic nitrogens is 2. The molecule has 2 N–H and O–H groups in total. The maximum atomic E-state index is 12.6. The summed E-state index contributed by atoms with van der Waals surface area (Å²) in [5.74, 6) is -0.183. The number of fused-ring (bicyclic) bond motifs is 1. The van der Waals surface area contributed by atoms with Crippen molar-refractivity contribution in [1.29, 1.82) is 0 Å². The molecular weight excluding hydrogens is 333 g/mol. The van der Waals surface area contributed by atoms with Crippen molar-refractivity contribution in [2.75, 3.05) is 0 Å². The van der Waals surface area contributed by atoms with Crippen molar-refractivity contribution < 1.29 is 4.79 Å². The number of benzene rings is 2. The summed E-state index contributed by atoms with van der Waals surface area (Å²) in [5, 5.41) is 4.09. The molecule has 0 saturated heterocycles. The van der Waals surface area contributed by atoms with Crippen LogP contribution < -0.4 is 5.32 Å². The summed E-state index contributed by atoms with van der Waals surface area (Å²) in [6, 6.07) is 10.6. The third kappa shape index (κ3) is 3.19. The van der Waals surface area contributed by atoms with Crippen LogP contribution in [0.2, 0.25) is 10.0 Å². The molecule has 0 atom stereocenters. The second-order valence-electron chi connectivity index (χ2n) is 5.84. The Morgan fingerprint density at radius 3 is 2.70 bits per heavy atom. The van der Waals surface area contributed by atoms with Crippen LogP contribution in [0.5, 0.6) is 0 Å². The van der Waals surface area contributed by atoms with Crippen molar-refractivity contribution in [3.05, 3.63) is 63.9 Å². The average Bonchev–Trinajstić information content (AvgIpc) is 2.93. The number of aromatic amines is 1. The third-order valence-electron chi connectivity index (χ3n) is 3.71. The standard InChI is InChI=1S/C17H15Cl2N3O/c1-17(2,12-5-4-11(18)8-13(12)19)22-16(23)10-3-6-14-15(7-10)21-9-20-14/h3-9H,1-2H3,(H,20,21)(H,22,23). The van der Waals surface area contributed by atoms with Gasteiger partial charge in [-0.1, -0.05) is 29.3 Å². The number of nitrogens with one attached hydrogen (secondary N) is 2. The maximum absolute atomic E-state index is 12.6. The van der Waals surface area contributed by atoms with E-state index in [9.17, 15) is 4.79 Å². The van der Waals surface area contributed by atoms with Gasteiger partial charge < -0.3 is 10.3 Å². The van der Waals surface area contributed by atoms with E-state index in [4.69, 9.17) is 23.2 Å². The Kier molecular flexibility index (Phi) is 4.04. The van der Waals surface area contributed by atoms with Gasteiger partial charge in [-0.3, -0.25) is 4.79 Å². The minimum absolute atomic E-state index is 0.183. The second kappa shape index (κ2) is 5.87. The fourth-order valence-corrected chi connectivity index (χ4v) is 3.14. The van der Waals surface area contributed by atoms with Crippen LogP contribution >= 0.6 is 23.2 Å². The molecule has 23 heavy (non-hydrogen) atoms. The minimum Gasteiger partial charge on any atom is -0.345 e. The first-order chi connectivity index (χ1) is 10.9. The average molecular weight is 348 g/mol. The van der Waals surface area contributed by atoms with Crippen LogP contribution in [0.4, 0.5) is 0 Å². The van der Waals surface area contributed by atoms with E-state index in [0.29, 0.717) is 15.6 Å². The van der Waals surface area contributed by atoms with Gasteiger partial charge in [0, 0.05) is 15.6 Å². The predicted molar refractivity (Wildman–Crippen MR) is 93.0 cm³/mol. The molecule has 3 aromatic rings. The molecule has 1 heterocycles. The Morgan fingerprint density at radius 1 is 1.17 bits per heavy atom. The lowest BCUT2D eigenvalue weighted by Gasteiger charge is -2.28. The topological polar surface area (TPSA) is 57.8 Å². The van der Waals surface area contributed by atoms with E-state index in [2.05, 4.69) is 15.3 Å². The van der Waals surface area contributed by atoms with Gasteiger partial charge in [-0.2, -0.15) is 0 Å². The molecule has 1 aromatic heterocycles. The van der Waals surface area contributed by atoms with Gasteiger partial charge in [-0.25, -0.2) is 4.98 Å². The highest BCUT2D eigenvalue weighted by Gasteiger charge is 2.26. The third-order valence-corrected chi connectivity index (χ3v) is 4.26. The second-order valence-corrected chi connectivity index (χ2v) is 6.68. The van der Waals surface area contributed by atoms with E-state index in [1.807, 2.05) is 26.0 Å². The number of imidazole rings is 1. The fourth-order valence-electron chi connectivity index (χ4n) is 2.50. The number of carbonyl (C=O) groups excluding carboxylic acids is 1. The van der Waals surface area contributed by atoms with E-state index >= 15 is 0 Å². The summed E-state index contributed by atoms with van der Waals surface area (Å²) < 4.78 is 0. The van der Waals surface area contributed by atoms with Gasteiger partial charge in [0.25, 0.3) is 5.91 Å². The van der Waals surface area contributed by atoms with Gasteiger partial charge in [0.1, 0.15) is 0 Å². The molecule has 2 aromatic carbocycles. The summed E-state index contributed by atoms with van der Waals surface area (Å²) in [5.41, 5.74) is 2.36. The van der Waals surface area contributed by atoms with Crippen molar-refractivity contribution in [3.8, 4) is 0 Å². The molecule has 118 valence electrons. The van der Waals surface area contributed by atoms with E-state index < -0.39 is 5.54 Å². The first-order valence-corrected chi connectivity index (χ1v) is 7.83. The SMILES string of the molecule is CC(C)(NC(=O)c1ccc2nc[nH]c2c1)c1ccc(Cl)cc1Cl. The molecule has 0 aliphatic rings. The van der Waals surface area contributed by atoms with Crippen LogP contribution in [-0.4, -0.2) is 15.9 Å². The Morgan fingerprint density at radius 2 is 1.96 bits per heavy atom. The molecule has 3 rings (SSSR count). The highest BCUT2D eigenvalue weighted by Crippen LogP contribution is 2.30. The highest BCUT2D eigenvalue weighted by molar-refractivity contribution is 6.35. The van der Waals surface area contributed by atoms with Crippen LogP contribution in [0, 0.1) is 0 Å². The van der Waals surface area contributed by atoms with E-state index in [1.165, 1.54) is 0 Å². The van der Waals surface area contributed by atoms with Gasteiger partial charge in [-0.05, 0) is 49.7 Å². The van der Waals surface area contributed by atoms with Crippen molar-refractivity contribution >= 4 is 40.1 Å². The van der Waals surface area contributed by atoms with Gasteiger partial charge in [0.05, 0.1) is 22.9 Å². The van der Waals surface area contributed by atoms with Crippen molar-refractivity contribution in [2.24, 2.45) is 0 Å². The van der Waals surface area contributed by atoms with Gasteiger partial charge >= 0.3 is 0 Å². The molecule has 6 heteroatoms. The number of hydrogen-bond acceptors (Lipinski definition) is 2. The summed E-state index contributed by atoms with van der Waals surface area (Å²) in [4.78, 5) is 19.7. The number of rotatable bonds is 3. The molecular formula is C17H15Cl2N3O. The number of hydrogen-bond donors (Lipinski definition) is 2. The lowest BCUT2D eigenvalue weighted by Crippen LogP contribution is -2.41. The monoisotopic (exact) mass is 347 g/mol. The smallest absolute Gasteiger partial charge is 0.252 e. The summed E-state index contributed by atoms with van der Waals surface area (Å²) >= 11 is 12.2. The highest BCUT2D eigenvalue weighted by atomic mass is 35.5. The van der Waals surface area contributed by atoms with Crippen molar-refractivity contribution in [1.82, 2.24) is 15.3 Å². The number of H-pyrrole nitrogens is 1. The fraction of sp³-hybridized carbons (Fsp3) is 0.176. The first kappa shape index (κ1) is 15.8. The summed E-state index contributed by atoms with van der Waals surface area (Å²) in [6.45, 7) is 3.80. The number of carbonyl (C=O) groups is 1. The Balaban J connectivity index is 1.88. The normalized spacial score (nSPS) is 11.7. The van der Waals surface area contributed by atoms with Crippen LogP contribution in [0.3, 0.4) is 0 Å². The maximum Gasteiger partial charge on any atom is 0.252 e. The number of amides is 1. The number of halogens is 2. The van der Waals surface area contributed by atoms with Crippen LogP contribution in [-0.2, 0) is 5.54 Å². The van der Waals surface area contributed by atoms with E-state index in [-0.39, 0.29) is 5.91 Å². The van der Waals surface area contributed by atoms with Crippen LogP contribution in [0.25, 0.3) is 11.0 Å². The zero-order valence-corrected chi connectivity index (χ0v) is 14.2. The Labute approximate surface area is 143 Å².